The van der Waals surface area contributed by atoms with Crippen molar-refractivity contribution in [1.29, 1.82) is 0 Å². The molecule has 2 heterocycles. The molecule has 0 aliphatic rings. The molecule has 0 saturated carbocycles. The molecule has 2 aromatic heterocycles. The largest absolute Gasteiger partial charge is 0.506 e. The van der Waals surface area contributed by atoms with Gasteiger partial charge in [-0.15, -0.1) is 12.4 Å². The molecule has 6 nitrogen and oxygen atoms in total. The molecule has 8 heteroatoms. The number of hydrogen-bond acceptors (Lipinski definition) is 5. The third kappa shape index (κ3) is 3.85. The first-order chi connectivity index (χ1) is 13.9. The lowest BCUT2D eigenvalue weighted by molar-refractivity contribution is 0.257. The maximum atomic E-state index is 9.80. The number of phenolic OH excluding ortho intramolecular Hbond substituents is 1. The Morgan fingerprint density at radius 3 is 2.53 bits per heavy atom. The summed E-state index contributed by atoms with van der Waals surface area (Å²) in [6.07, 6.45) is 0. The number of aryl methyl sites for hydroxylation is 1. The van der Waals surface area contributed by atoms with Gasteiger partial charge in [0.15, 0.2) is 17.1 Å². The minimum Gasteiger partial charge on any atom is -0.506 e. The third-order valence-corrected chi connectivity index (χ3v) is 5.07. The summed E-state index contributed by atoms with van der Waals surface area (Å²) in [6.45, 7) is 6.75. The average Bonchev–Trinajstić information content (AvgIpc) is 3.08. The fourth-order valence-corrected chi connectivity index (χ4v) is 3.53. The predicted molar refractivity (Wildman–Crippen MR) is 122 cm³/mol. The number of rotatable bonds is 5. The van der Waals surface area contributed by atoms with E-state index >= 15 is 0 Å². The second-order valence-corrected chi connectivity index (χ2v) is 7.83. The molecule has 4 aromatic rings. The van der Waals surface area contributed by atoms with E-state index in [9.17, 15) is 5.11 Å². The molecule has 0 unspecified atom stereocenters. The van der Waals surface area contributed by atoms with Crippen LogP contribution >= 0.6 is 24.0 Å². The molecule has 0 radical (unpaired) electrons. The van der Waals surface area contributed by atoms with Crippen molar-refractivity contribution in [3.63, 3.8) is 0 Å². The van der Waals surface area contributed by atoms with Gasteiger partial charge in [-0.1, -0.05) is 25.4 Å². The average molecular weight is 448 g/mol. The zero-order valence-corrected chi connectivity index (χ0v) is 18.7. The smallest absolute Gasteiger partial charge is 0.182 e. The van der Waals surface area contributed by atoms with Crippen molar-refractivity contribution in [2.24, 2.45) is 5.92 Å². The maximum absolute atomic E-state index is 9.80. The molecule has 158 valence electrons. The predicted octanol–water partition coefficient (Wildman–Crippen LogP) is 5.91. The standard InChI is InChI=1S/C22H22ClN3O3.ClH/c1-11(2)10-29-19-8-14-15(9-18(19)28-4)21(13-5-6-17(27)16(23)7-13)24-22-20(14)12(3)25-26-22;/h5-9,11,27H,10H2,1-4H3,(H,24,25,26);1H. The number of halogens is 2. The molecular formula is C22H23Cl2N3O3. The van der Waals surface area contributed by atoms with Crippen LogP contribution in [0.15, 0.2) is 30.3 Å². The normalized spacial score (nSPS) is 11.1. The third-order valence-electron chi connectivity index (χ3n) is 4.77. The molecule has 0 aliphatic carbocycles. The minimum absolute atomic E-state index is 0. The van der Waals surface area contributed by atoms with E-state index in [1.807, 2.05) is 19.1 Å². The van der Waals surface area contributed by atoms with Crippen LogP contribution in [0.1, 0.15) is 19.5 Å². The van der Waals surface area contributed by atoms with Crippen molar-refractivity contribution in [3.05, 3.63) is 41.0 Å². The van der Waals surface area contributed by atoms with Gasteiger partial charge in [-0.3, -0.25) is 5.10 Å². The molecule has 0 spiro atoms. The summed E-state index contributed by atoms with van der Waals surface area (Å²) in [6, 6.07) is 8.95. The summed E-state index contributed by atoms with van der Waals surface area (Å²) in [5, 5.41) is 20.2. The molecule has 4 rings (SSSR count). The second kappa shape index (κ2) is 8.58. The Bertz CT molecular complexity index is 1220. The number of benzene rings is 2. The molecule has 30 heavy (non-hydrogen) atoms. The number of pyridine rings is 1. The van der Waals surface area contributed by atoms with Crippen LogP contribution in [0, 0.1) is 12.8 Å². The lowest BCUT2D eigenvalue weighted by Gasteiger charge is -2.15. The van der Waals surface area contributed by atoms with Gasteiger partial charge in [0.2, 0.25) is 0 Å². The first-order valence-corrected chi connectivity index (χ1v) is 9.75. The van der Waals surface area contributed by atoms with Crippen LogP contribution in [0.5, 0.6) is 17.2 Å². The first-order valence-electron chi connectivity index (χ1n) is 9.37. The van der Waals surface area contributed by atoms with E-state index < -0.39 is 0 Å². The highest BCUT2D eigenvalue weighted by Crippen LogP contribution is 2.41. The number of ether oxygens (including phenoxy) is 2. The quantitative estimate of drug-likeness (QED) is 0.397. The molecule has 0 amide bonds. The SMILES string of the molecule is COc1cc2c(-c3ccc(O)c(Cl)c3)nc3n[nH]c(C)c3c2cc1OCC(C)C.Cl. The van der Waals surface area contributed by atoms with Crippen LogP contribution in [0.25, 0.3) is 33.1 Å². The van der Waals surface area contributed by atoms with Gasteiger partial charge in [0.1, 0.15) is 5.75 Å². The zero-order chi connectivity index (χ0) is 20.7. The van der Waals surface area contributed by atoms with Gasteiger partial charge >= 0.3 is 0 Å². The highest BCUT2D eigenvalue weighted by Gasteiger charge is 2.18. The van der Waals surface area contributed by atoms with Gasteiger partial charge in [0.25, 0.3) is 0 Å². The maximum Gasteiger partial charge on any atom is 0.182 e. The van der Waals surface area contributed by atoms with E-state index in [0.29, 0.717) is 35.4 Å². The molecular weight excluding hydrogens is 425 g/mol. The van der Waals surface area contributed by atoms with E-state index in [4.69, 9.17) is 26.1 Å². The van der Waals surface area contributed by atoms with Crippen molar-refractivity contribution < 1.29 is 14.6 Å². The van der Waals surface area contributed by atoms with Crippen molar-refractivity contribution in [2.45, 2.75) is 20.8 Å². The van der Waals surface area contributed by atoms with Crippen molar-refractivity contribution in [3.8, 4) is 28.5 Å². The monoisotopic (exact) mass is 447 g/mol. The highest BCUT2D eigenvalue weighted by atomic mass is 35.5. The van der Waals surface area contributed by atoms with Gasteiger partial charge in [0.05, 0.1) is 24.4 Å². The Kier molecular flexibility index (Phi) is 6.29. The number of nitrogens with one attached hydrogen (secondary N) is 1. The Morgan fingerprint density at radius 2 is 1.87 bits per heavy atom. The molecule has 0 fully saturated rings. The van der Waals surface area contributed by atoms with Gasteiger partial charge in [0, 0.05) is 27.4 Å². The lowest BCUT2D eigenvalue weighted by Crippen LogP contribution is -2.05. The van der Waals surface area contributed by atoms with Crippen LogP contribution in [-0.4, -0.2) is 34.0 Å². The van der Waals surface area contributed by atoms with Crippen LogP contribution in [-0.2, 0) is 0 Å². The second-order valence-electron chi connectivity index (χ2n) is 7.43. The van der Waals surface area contributed by atoms with E-state index in [-0.39, 0.29) is 23.2 Å². The van der Waals surface area contributed by atoms with E-state index in [1.165, 1.54) is 0 Å². The fourth-order valence-electron chi connectivity index (χ4n) is 3.35. The minimum atomic E-state index is 0. The van der Waals surface area contributed by atoms with Crippen LogP contribution in [0.3, 0.4) is 0 Å². The topological polar surface area (TPSA) is 80.3 Å². The van der Waals surface area contributed by atoms with E-state index in [0.717, 1.165) is 27.4 Å². The number of aromatic nitrogens is 3. The Hall–Kier alpha value is -2.70. The molecule has 2 aromatic carbocycles. The number of aromatic hydroxyl groups is 1. The lowest BCUT2D eigenvalue weighted by atomic mass is 10.00. The summed E-state index contributed by atoms with van der Waals surface area (Å²) in [7, 11) is 1.62. The molecule has 0 saturated heterocycles. The molecule has 0 bridgehead atoms. The Balaban J connectivity index is 0.00000256. The van der Waals surface area contributed by atoms with Gasteiger partial charge in [-0.05, 0) is 43.2 Å². The molecule has 2 N–H and O–H groups in total. The number of methoxy groups -OCH3 is 1. The van der Waals surface area contributed by atoms with Gasteiger partial charge < -0.3 is 14.6 Å². The number of aromatic amines is 1. The molecule has 0 atom stereocenters. The van der Waals surface area contributed by atoms with Crippen LogP contribution < -0.4 is 9.47 Å². The summed E-state index contributed by atoms with van der Waals surface area (Å²) >= 11 is 6.15. The molecule has 0 aliphatic heterocycles. The number of hydrogen-bond donors (Lipinski definition) is 2. The van der Waals surface area contributed by atoms with E-state index in [2.05, 4.69) is 24.0 Å². The van der Waals surface area contributed by atoms with Gasteiger partial charge in [-0.25, -0.2) is 4.98 Å². The van der Waals surface area contributed by atoms with Crippen molar-refractivity contribution in [2.75, 3.05) is 13.7 Å². The summed E-state index contributed by atoms with van der Waals surface area (Å²) < 4.78 is 11.6. The number of H-pyrrole nitrogens is 1. The van der Waals surface area contributed by atoms with Crippen molar-refractivity contribution >= 4 is 45.8 Å². The number of fused-ring (bicyclic) bond motifs is 3. The summed E-state index contributed by atoms with van der Waals surface area (Å²) in [4.78, 5) is 4.77. The summed E-state index contributed by atoms with van der Waals surface area (Å²) in [5.74, 6) is 1.72. The first kappa shape index (κ1) is 22.0. The highest BCUT2D eigenvalue weighted by molar-refractivity contribution is 6.32. The van der Waals surface area contributed by atoms with Crippen molar-refractivity contribution in [1.82, 2.24) is 15.2 Å². The number of nitrogens with zero attached hydrogens (tertiary/aromatic N) is 2. The van der Waals surface area contributed by atoms with Crippen LogP contribution in [0.4, 0.5) is 0 Å². The Labute approximate surface area is 185 Å². The summed E-state index contributed by atoms with van der Waals surface area (Å²) in [5.41, 5.74) is 3.01. The van der Waals surface area contributed by atoms with E-state index in [1.54, 1.807) is 25.3 Å². The number of phenols is 1. The Morgan fingerprint density at radius 1 is 1.13 bits per heavy atom. The fraction of sp³-hybridized carbons (Fsp3) is 0.273. The van der Waals surface area contributed by atoms with Crippen LogP contribution in [0.2, 0.25) is 5.02 Å². The zero-order valence-electron chi connectivity index (χ0n) is 17.1. The van der Waals surface area contributed by atoms with Gasteiger partial charge in [-0.2, -0.15) is 5.10 Å².